The van der Waals surface area contributed by atoms with Crippen molar-refractivity contribution in [1.29, 1.82) is 0 Å². The average Bonchev–Trinajstić information content (AvgIpc) is 2.36. The first-order valence-corrected chi connectivity index (χ1v) is 6.94. The van der Waals surface area contributed by atoms with Gasteiger partial charge < -0.3 is 15.0 Å². The molecule has 0 radical (unpaired) electrons. The molecule has 1 N–H and O–H groups in total. The summed E-state index contributed by atoms with van der Waals surface area (Å²) in [5.74, 6) is 0.649. The lowest BCUT2D eigenvalue weighted by molar-refractivity contribution is -0.148. The zero-order valence-corrected chi connectivity index (χ0v) is 12.5. The molecule has 0 spiro atoms. The molecule has 18 heavy (non-hydrogen) atoms. The summed E-state index contributed by atoms with van der Waals surface area (Å²) < 4.78 is 4.87. The monoisotopic (exact) mass is 256 g/mol. The van der Waals surface area contributed by atoms with Gasteiger partial charge in [-0.25, -0.2) is 0 Å². The summed E-state index contributed by atoms with van der Waals surface area (Å²) in [6.45, 7) is 8.60. The van der Waals surface area contributed by atoms with E-state index in [4.69, 9.17) is 4.74 Å². The van der Waals surface area contributed by atoms with Gasteiger partial charge in [0.15, 0.2) is 0 Å². The SMILES string of the molecule is CNC(C)(CCN1CCC(C)CC1C)C(=O)OC. The van der Waals surface area contributed by atoms with Crippen molar-refractivity contribution in [1.82, 2.24) is 10.2 Å². The van der Waals surface area contributed by atoms with Crippen molar-refractivity contribution in [2.75, 3.05) is 27.2 Å². The maximum absolute atomic E-state index is 11.8. The van der Waals surface area contributed by atoms with Crippen molar-refractivity contribution in [3.63, 3.8) is 0 Å². The number of nitrogens with one attached hydrogen (secondary N) is 1. The van der Waals surface area contributed by atoms with Gasteiger partial charge in [0.05, 0.1) is 7.11 Å². The van der Waals surface area contributed by atoms with Gasteiger partial charge in [0.2, 0.25) is 0 Å². The summed E-state index contributed by atoms with van der Waals surface area (Å²) in [5, 5.41) is 3.09. The molecule has 0 aromatic rings. The summed E-state index contributed by atoms with van der Waals surface area (Å²) in [5.41, 5.74) is -0.572. The second-order valence-electron chi connectivity index (χ2n) is 5.84. The van der Waals surface area contributed by atoms with Gasteiger partial charge in [-0.1, -0.05) is 6.92 Å². The highest BCUT2D eigenvalue weighted by molar-refractivity contribution is 5.80. The maximum Gasteiger partial charge on any atom is 0.325 e. The molecule has 106 valence electrons. The molecule has 1 saturated heterocycles. The Labute approximate surface area is 111 Å². The third-order valence-corrected chi connectivity index (χ3v) is 4.36. The molecule has 1 rings (SSSR count). The predicted octanol–water partition coefficient (Wildman–Crippen LogP) is 1.65. The molecule has 1 aliphatic heterocycles. The number of likely N-dealkylation sites (tertiary alicyclic amines) is 1. The van der Waals surface area contributed by atoms with E-state index >= 15 is 0 Å². The number of nitrogens with zero attached hydrogens (tertiary/aromatic N) is 1. The topological polar surface area (TPSA) is 41.6 Å². The summed E-state index contributed by atoms with van der Waals surface area (Å²) in [6, 6.07) is 0.618. The van der Waals surface area contributed by atoms with Gasteiger partial charge in [0.1, 0.15) is 5.54 Å². The number of likely N-dealkylation sites (N-methyl/N-ethyl adjacent to an activating group) is 1. The van der Waals surface area contributed by atoms with Crippen LogP contribution in [0.25, 0.3) is 0 Å². The predicted molar refractivity (Wildman–Crippen MR) is 73.5 cm³/mol. The molecule has 0 aromatic carbocycles. The third kappa shape index (κ3) is 3.69. The van der Waals surface area contributed by atoms with Gasteiger partial charge in [-0.05, 0) is 52.6 Å². The fraction of sp³-hybridized carbons (Fsp3) is 0.929. The molecule has 4 heteroatoms. The van der Waals surface area contributed by atoms with Crippen LogP contribution < -0.4 is 5.32 Å². The normalized spacial score (nSPS) is 28.7. The lowest BCUT2D eigenvalue weighted by Crippen LogP contribution is -2.51. The molecule has 0 aromatic heterocycles. The van der Waals surface area contributed by atoms with E-state index in [9.17, 15) is 4.79 Å². The van der Waals surface area contributed by atoms with Crippen molar-refractivity contribution < 1.29 is 9.53 Å². The largest absolute Gasteiger partial charge is 0.468 e. The fourth-order valence-electron chi connectivity index (χ4n) is 2.71. The van der Waals surface area contributed by atoms with Gasteiger partial charge in [0.25, 0.3) is 0 Å². The minimum absolute atomic E-state index is 0.178. The van der Waals surface area contributed by atoms with Crippen molar-refractivity contribution in [2.24, 2.45) is 5.92 Å². The maximum atomic E-state index is 11.8. The zero-order valence-electron chi connectivity index (χ0n) is 12.5. The average molecular weight is 256 g/mol. The molecule has 0 bridgehead atoms. The molecule has 3 atom stereocenters. The highest BCUT2D eigenvalue weighted by Crippen LogP contribution is 2.23. The van der Waals surface area contributed by atoms with Crippen molar-refractivity contribution in [2.45, 2.75) is 51.6 Å². The smallest absolute Gasteiger partial charge is 0.325 e. The van der Waals surface area contributed by atoms with Crippen LogP contribution in [0.15, 0.2) is 0 Å². The number of carbonyl (C=O) groups is 1. The number of methoxy groups -OCH3 is 1. The summed E-state index contributed by atoms with van der Waals surface area (Å²) in [7, 11) is 3.27. The second-order valence-corrected chi connectivity index (χ2v) is 5.84. The molecule has 0 amide bonds. The number of rotatable bonds is 5. The van der Waals surface area contributed by atoms with E-state index in [1.165, 1.54) is 20.0 Å². The molecular weight excluding hydrogens is 228 g/mol. The molecule has 4 nitrogen and oxygen atoms in total. The number of ether oxygens (including phenoxy) is 1. The van der Waals surface area contributed by atoms with Gasteiger partial charge >= 0.3 is 5.97 Å². The number of carbonyl (C=O) groups excluding carboxylic acids is 1. The van der Waals surface area contributed by atoms with E-state index in [2.05, 4.69) is 24.1 Å². The lowest BCUT2D eigenvalue weighted by Gasteiger charge is -2.38. The van der Waals surface area contributed by atoms with Crippen LogP contribution in [0.2, 0.25) is 0 Å². The summed E-state index contributed by atoms with van der Waals surface area (Å²) in [6.07, 6.45) is 3.31. The van der Waals surface area contributed by atoms with Crippen LogP contribution in [0.5, 0.6) is 0 Å². The Morgan fingerprint density at radius 2 is 2.17 bits per heavy atom. The number of hydrogen-bond acceptors (Lipinski definition) is 4. The van der Waals surface area contributed by atoms with E-state index in [1.807, 2.05) is 14.0 Å². The van der Waals surface area contributed by atoms with Crippen molar-refractivity contribution in [3.05, 3.63) is 0 Å². The first-order chi connectivity index (χ1) is 8.42. The Morgan fingerprint density at radius 1 is 1.50 bits per heavy atom. The van der Waals surface area contributed by atoms with Crippen LogP contribution in [0, 0.1) is 5.92 Å². The van der Waals surface area contributed by atoms with Crippen LogP contribution in [0.1, 0.15) is 40.0 Å². The Balaban J connectivity index is 2.50. The van der Waals surface area contributed by atoms with E-state index < -0.39 is 5.54 Å². The second kappa shape index (κ2) is 6.53. The molecule has 0 saturated carbocycles. The first-order valence-electron chi connectivity index (χ1n) is 6.94. The molecular formula is C14H28N2O2. The molecule has 0 aliphatic carbocycles. The Kier molecular flexibility index (Phi) is 5.60. The summed E-state index contributed by atoms with van der Waals surface area (Å²) in [4.78, 5) is 14.3. The van der Waals surface area contributed by atoms with E-state index in [0.29, 0.717) is 6.04 Å². The standard InChI is InChI=1S/C14H28N2O2/c1-11-6-8-16(12(2)10-11)9-7-14(3,15-4)13(17)18-5/h11-12,15H,6-10H2,1-5H3. The Hall–Kier alpha value is -0.610. The minimum Gasteiger partial charge on any atom is -0.468 e. The van der Waals surface area contributed by atoms with Crippen molar-refractivity contribution >= 4 is 5.97 Å². The highest BCUT2D eigenvalue weighted by atomic mass is 16.5. The van der Waals surface area contributed by atoms with Crippen LogP contribution >= 0.6 is 0 Å². The van der Waals surface area contributed by atoms with Crippen LogP contribution in [0.3, 0.4) is 0 Å². The van der Waals surface area contributed by atoms with E-state index in [0.717, 1.165) is 25.4 Å². The number of piperidine rings is 1. The van der Waals surface area contributed by atoms with Crippen LogP contribution in [0.4, 0.5) is 0 Å². The quantitative estimate of drug-likeness (QED) is 0.759. The highest BCUT2D eigenvalue weighted by Gasteiger charge is 2.34. The summed E-state index contributed by atoms with van der Waals surface area (Å²) >= 11 is 0. The van der Waals surface area contributed by atoms with Crippen LogP contribution in [-0.4, -0.2) is 49.7 Å². The molecule has 1 heterocycles. The molecule has 3 unspecified atom stereocenters. The van der Waals surface area contributed by atoms with Crippen molar-refractivity contribution in [3.8, 4) is 0 Å². The number of hydrogen-bond donors (Lipinski definition) is 1. The number of esters is 1. The third-order valence-electron chi connectivity index (χ3n) is 4.36. The molecule has 1 fully saturated rings. The lowest BCUT2D eigenvalue weighted by atomic mass is 9.91. The van der Waals surface area contributed by atoms with Gasteiger partial charge in [-0.3, -0.25) is 4.79 Å². The molecule has 1 aliphatic rings. The van der Waals surface area contributed by atoms with E-state index in [-0.39, 0.29) is 5.97 Å². The van der Waals surface area contributed by atoms with Gasteiger partial charge in [-0.2, -0.15) is 0 Å². The Bertz CT molecular complexity index is 283. The first kappa shape index (κ1) is 15.4. The van der Waals surface area contributed by atoms with Gasteiger partial charge in [0, 0.05) is 12.6 Å². The van der Waals surface area contributed by atoms with E-state index in [1.54, 1.807) is 0 Å². The van der Waals surface area contributed by atoms with Gasteiger partial charge in [-0.15, -0.1) is 0 Å². The zero-order chi connectivity index (χ0) is 13.8. The fourth-order valence-corrected chi connectivity index (χ4v) is 2.71. The van der Waals surface area contributed by atoms with Crippen LogP contribution in [-0.2, 0) is 9.53 Å². The minimum atomic E-state index is -0.572. The Morgan fingerprint density at radius 3 is 2.67 bits per heavy atom.